The van der Waals surface area contributed by atoms with Crippen LogP contribution < -0.4 is 14.3 Å². The van der Waals surface area contributed by atoms with Gasteiger partial charge in [-0.15, -0.1) is 0 Å². The second kappa shape index (κ2) is 9.49. The molecule has 0 unspecified atom stereocenters. The van der Waals surface area contributed by atoms with Crippen molar-refractivity contribution in [1.82, 2.24) is 0 Å². The van der Waals surface area contributed by atoms with Crippen LogP contribution in [-0.2, 0) is 24.8 Å². The van der Waals surface area contributed by atoms with Crippen LogP contribution in [0.15, 0.2) is 94.7 Å². The molecule has 1 aliphatic heterocycles. The summed E-state index contributed by atoms with van der Waals surface area (Å²) in [7, 11) is -7.57. The molecule has 0 spiro atoms. The van der Waals surface area contributed by atoms with Crippen LogP contribution in [0.3, 0.4) is 0 Å². The van der Waals surface area contributed by atoms with E-state index in [1.54, 1.807) is 24.3 Å². The lowest BCUT2D eigenvalue weighted by atomic mass is 10.1. The largest absolute Gasteiger partial charge is 0.326 e. The quantitative estimate of drug-likeness (QED) is 0.337. The van der Waals surface area contributed by atoms with Crippen molar-refractivity contribution in [2.75, 3.05) is 20.9 Å². The van der Waals surface area contributed by atoms with Gasteiger partial charge >= 0.3 is 0 Å². The Balaban J connectivity index is 1.19. The highest BCUT2D eigenvalue weighted by Crippen LogP contribution is 2.42. The van der Waals surface area contributed by atoms with Crippen molar-refractivity contribution in [3.8, 4) is 0 Å². The molecular formula is C26H22FN3O5S2. The Morgan fingerprint density at radius 2 is 1.51 bits per heavy atom. The average molecular weight is 540 g/mol. The van der Waals surface area contributed by atoms with E-state index in [4.69, 9.17) is 0 Å². The minimum absolute atomic E-state index is 0.0252. The highest BCUT2D eigenvalue weighted by Gasteiger charge is 2.35. The van der Waals surface area contributed by atoms with E-state index in [0.29, 0.717) is 23.2 Å². The van der Waals surface area contributed by atoms with Gasteiger partial charge < -0.3 is 5.32 Å². The summed E-state index contributed by atoms with van der Waals surface area (Å²) >= 11 is 0. The zero-order chi connectivity index (χ0) is 26.2. The van der Waals surface area contributed by atoms with Gasteiger partial charge in [-0.3, -0.25) is 13.8 Å². The van der Waals surface area contributed by atoms with E-state index in [0.717, 1.165) is 17.5 Å². The van der Waals surface area contributed by atoms with E-state index in [-0.39, 0.29) is 34.4 Å². The highest BCUT2D eigenvalue weighted by molar-refractivity contribution is 7.93. The van der Waals surface area contributed by atoms with Gasteiger partial charge in [0, 0.05) is 29.7 Å². The second-order valence-corrected chi connectivity index (χ2v) is 12.0. The lowest BCUT2D eigenvalue weighted by Gasteiger charge is -2.18. The number of amides is 1. The van der Waals surface area contributed by atoms with Crippen LogP contribution in [-0.4, -0.2) is 29.3 Å². The number of hydrogen-bond acceptors (Lipinski definition) is 5. The summed E-state index contributed by atoms with van der Waals surface area (Å²) < 4.78 is 67.9. The van der Waals surface area contributed by atoms with Crippen molar-refractivity contribution < 1.29 is 26.0 Å². The molecule has 0 fully saturated rings. The van der Waals surface area contributed by atoms with Gasteiger partial charge in [-0.2, -0.15) is 0 Å². The van der Waals surface area contributed by atoms with E-state index in [1.807, 2.05) is 12.1 Å². The number of carbonyl (C=O) groups is 1. The molecule has 0 aliphatic carbocycles. The molecule has 0 bridgehead atoms. The van der Waals surface area contributed by atoms with Gasteiger partial charge in [-0.05, 0) is 72.5 Å². The van der Waals surface area contributed by atoms with Gasteiger partial charge in [0.25, 0.3) is 20.0 Å². The monoisotopic (exact) mass is 539 g/mol. The molecule has 190 valence electrons. The lowest BCUT2D eigenvalue weighted by molar-refractivity contribution is -0.116. The minimum Gasteiger partial charge on any atom is -0.326 e. The number of anilines is 3. The van der Waals surface area contributed by atoms with E-state index in [9.17, 15) is 26.0 Å². The van der Waals surface area contributed by atoms with Crippen LogP contribution in [0.5, 0.6) is 0 Å². The van der Waals surface area contributed by atoms with Gasteiger partial charge in [-0.1, -0.05) is 24.3 Å². The summed E-state index contributed by atoms with van der Waals surface area (Å²) in [6.07, 6.45) is 0.369. The molecule has 11 heteroatoms. The van der Waals surface area contributed by atoms with Crippen LogP contribution in [0.1, 0.15) is 12.8 Å². The third-order valence-electron chi connectivity index (χ3n) is 5.99. The smallest absolute Gasteiger partial charge is 0.265 e. The molecule has 1 heterocycles. The molecule has 4 aromatic carbocycles. The van der Waals surface area contributed by atoms with Gasteiger partial charge in [-0.25, -0.2) is 21.2 Å². The van der Waals surface area contributed by atoms with Crippen LogP contribution in [0.25, 0.3) is 10.8 Å². The molecule has 0 aromatic heterocycles. The van der Waals surface area contributed by atoms with Crippen molar-refractivity contribution >= 4 is 53.8 Å². The van der Waals surface area contributed by atoms with E-state index >= 15 is 0 Å². The van der Waals surface area contributed by atoms with Crippen molar-refractivity contribution in [2.24, 2.45) is 0 Å². The first-order valence-electron chi connectivity index (χ1n) is 11.4. The van der Waals surface area contributed by atoms with Crippen LogP contribution in [0, 0.1) is 5.82 Å². The highest BCUT2D eigenvalue weighted by atomic mass is 32.2. The Morgan fingerprint density at radius 1 is 0.865 bits per heavy atom. The number of hydrogen-bond donors (Lipinski definition) is 2. The van der Waals surface area contributed by atoms with Crippen LogP contribution >= 0.6 is 0 Å². The SMILES string of the molecule is O=C(CCCN1c2cccc3cccc(c23)S1(=O)=O)Nc1ccc(S(=O)(=O)Nc2ccc(F)cc2)cc1. The normalized spacial score (nSPS) is 14.0. The van der Waals surface area contributed by atoms with Crippen molar-refractivity contribution in [3.63, 3.8) is 0 Å². The number of benzene rings is 4. The molecule has 37 heavy (non-hydrogen) atoms. The van der Waals surface area contributed by atoms with Crippen LogP contribution in [0.2, 0.25) is 0 Å². The molecule has 2 N–H and O–H groups in total. The summed E-state index contributed by atoms with van der Waals surface area (Å²) in [6, 6.07) is 21.1. The Bertz CT molecular complexity index is 1700. The van der Waals surface area contributed by atoms with Gasteiger partial charge in [0.1, 0.15) is 5.82 Å². The van der Waals surface area contributed by atoms with Gasteiger partial charge in [0.05, 0.1) is 15.5 Å². The molecule has 0 saturated heterocycles. The number of sulfonamides is 2. The molecule has 4 aromatic rings. The van der Waals surface area contributed by atoms with E-state index < -0.39 is 25.9 Å². The maximum Gasteiger partial charge on any atom is 0.265 e. The molecule has 0 radical (unpaired) electrons. The molecule has 5 rings (SSSR count). The van der Waals surface area contributed by atoms with Crippen molar-refractivity contribution in [1.29, 1.82) is 0 Å². The molecule has 0 atom stereocenters. The third-order valence-corrected chi connectivity index (χ3v) is 9.24. The summed E-state index contributed by atoms with van der Waals surface area (Å²) in [5.74, 6) is -0.806. The second-order valence-electron chi connectivity index (χ2n) is 8.50. The average Bonchev–Trinajstić information content (AvgIpc) is 3.09. The fourth-order valence-electron chi connectivity index (χ4n) is 4.26. The predicted molar refractivity (Wildman–Crippen MR) is 140 cm³/mol. The molecule has 1 aliphatic rings. The summed E-state index contributed by atoms with van der Waals surface area (Å²) in [6.45, 7) is 0.149. The fourth-order valence-corrected chi connectivity index (χ4v) is 7.06. The first-order chi connectivity index (χ1) is 17.6. The van der Waals surface area contributed by atoms with Crippen molar-refractivity contribution in [3.05, 3.63) is 90.7 Å². The fraction of sp³-hybridized carbons (Fsp3) is 0.115. The lowest BCUT2D eigenvalue weighted by Crippen LogP contribution is -2.28. The maximum absolute atomic E-state index is 13.0. The first-order valence-corrected chi connectivity index (χ1v) is 14.3. The Hall–Kier alpha value is -3.96. The van der Waals surface area contributed by atoms with Crippen molar-refractivity contribution in [2.45, 2.75) is 22.6 Å². The minimum atomic E-state index is -3.89. The van der Waals surface area contributed by atoms with E-state index in [1.165, 1.54) is 40.7 Å². The first kappa shape index (κ1) is 24.7. The standard InChI is InChI=1S/C26H22FN3O5S2/c27-19-9-11-21(12-10-19)29-36(32,33)22-15-13-20(14-16-22)28-25(31)8-3-17-30-23-6-1-4-18-5-2-7-24(26(18)23)37(30,34)35/h1-2,4-7,9-16,29H,3,8,17H2,(H,28,31). The maximum atomic E-state index is 13.0. The zero-order valence-corrected chi connectivity index (χ0v) is 21.0. The summed E-state index contributed by atoms with van der Waals surface area (Å²) in [4.78, 5) is 12.7. The summed E-state index contributed by atoms with van der Waals surface area (Å²) in [5.41, 5.74) is 1.23. The Morgan fingerprint density at radius 3 is 2.22 bits per heavy atom. The molecule has 0 saturated carbocycles. The number of carbonyl (C=O) groups excluding carboxylic acids is 1. The summed E-state index contributed by atoms with van der Waals surface area (Å²) in [5, 5.41) is 4.23. The number of nitrogens with zero attached hydrogens (tertiary/aromatic N) is 1. The molecular weight excluding hydrogens is 517 g/mol. The predicted octanol–water partition coefficient (Wildman–Crippen LogP) is 4.71. The Kier molecular flexibility index (Phi) is 6.34. The number of nitrogens with one attached hydrogen (secondary N) is 2. The van der Waals surface area contributed by atoms with Gasteiger partial charge in [0.15, 0.2) is 0 Å². The zero-order valence-electron chi connectivity index (χ0n) is 19.4. The third kappa shape index (κ3) is 4.87. The van der Waals surface area contributed by atoms with E-state index in [2.05, 4.69) is 10.0 Å². The Labute approximate surface area is 213 Å². The topological polar surface area (TPSA) is 113 Å². The molecule has 8 nitrogen and oxygen atoms in total. The van der Waals surface area contributed by atoms with Crippen LogP contribution in [0.4, 0.5) is 21.5 Å². The number of halogens is 1. The number of rotatable bonds is 8. The molecule has 1 amide bonds. The van der Waals surface area contributed by atoms with Gasteiger partial charge in [0.2, 0.25) is 5.91 Å².